The van der Waals surface area contributed by atoms with Crippen molar-refractivity contribution in [2.45, 2.75) is 43.8 Å². The van der Waals surface area contributed by atoms with Crippen molar-refractivity contribution in [3.05, 3.63) is 29.8 Å². The molecule has 5 nitrogen and oxygen atoms in total. The lowest BCUT2D eigenvalue weighted by Gasteiger charge is -2.40. The van der Waals surface area contributed by atoms with Gasteiger partial charge in [-0.1, -0.05) is 19.1 Å². The summed E-state index contributed by atoms with van der Waals surface area (Å²) in [5.74, 6) is 3.15. The maximum atomic E-state index is 5.69. The zero-order valence-electron chi connectivity index (χ0n) is 17.6. The first-order valence-electron chi connectivity index (χ1n) is 10.6. The van der Waals surface area contributed by atoms with Crippen molar-refractivity contribution in [3.8, 4) is 5.75 Å². The number of nitrogens with one attached hydrogen (secondary N) is 1. The first-order chi connectivity index (χ1) is 13.7. The molecule has 3 rings (SSSR count). The Kier molecular flexibility index (Phi) is 7.91. The van der Waals surface area contributed by atoms with Gasteiger partial charge in [0, 0.05) is 56.3 Å². The van der Waals surface area contributed by atoms with E-state index in [4.69, 9.17) is 9.47 Å². The van der Waals surface area contributed by atoms with Crippen LogP contribution in [0.5, 0.6) is 5.75 Å². The average Bonchev–Trinajstić information content (AvgIpc) is 2.76. The van der Waals surface area contributed by atoms with Gasteiger partial charge in [0.2, 0.25) is 0 Å². The van der Waals surface area contributed by atoms with Crippen LogP contribution in [0.2, 0.25) is 0 Å². The van der Waals surface area contributed by atoms with E-state index in [2.05, 4.69) is 58.2 Å². The number of ether oxygens (including phenoxy) is 2. The highest BCUT2D eigenvalue weighted by atomic mass is 32.2. The largest absolute Gasteiger partial charge is 0.494 e. The molecule has 1 unspecified atom stereocenters. The fraction of sp³-hybridized carbons (Fsp3) is 0.682. The quantitative estimate of drug-likeness (QED) is 0.579. The molecule has 0 saturated carbocycles. The lowest BCUT2D eigenvalue weighted by Crippen LogP contribution is -2.52. The molecule has 1 aromatic carbocycles. The lowest BCUT2D eigenvalue weighted by molar-refractivity contribution is 0.0511. The molecule has 2 aliphatic rings. The highest BCUT2D eigenvalue weighted by molar-refractivity contribution is 8.00. The predicted octanol–water partition coefficient (Wildman–Crippen LogP) is 3.54. The van der Waals surface area contributed by atoms with Gasteiger partial charge >= 0.3 is 0 Å². The molecule has 1 atom stereocenters. The van der Waals surface area contributed by atoms with Gasteiger partial charge in [0.25, 0.3) is 0 Å². The predicted molar refractivity (Wildman–Crippen MR) is 119 cm³/mol. The summed E-state index contributed by atoms with van der Waals surface area (Å²) in [7, 11) is 1.90. The number of nitrogens with zero attached hydrogens (tertiary/aromatic N) is 2. The third-order valence-electron chi connectivity index (χ3n) is 5.92. The SMILES string of the molecule is CCOc1ccc(C2(CNC(=NC)N3CCSC(CC)C3)CCOCC2)cc1. The highest BCUT2D eigenvalue weighted by Crippen LogP contribution is 2.35. The van der Waals surface area contributed by atoms with E-state index in [1.54, 1.807) is 0 Å². The van der Waals surface area contributed by atoms with Crippen LogP contribution in [-0.4, -0.2) is 68.4 Å². The number of hydrogen-bond donors (Lipinski definition) is 1. The fourth-order valence-electron chi connectivity index (χ4n) is 4.14. The summed E-state index contributed by atoms with van der Waals surface area (Å²) in [5.41, 5.74) is 1.44. The van der Waals surface area contributed by atoms with Crippen LogP contribution in [0.4, 0.5) is 0 Å². The highest BCUT2D eigenvalue weighted by Gasteiger charge is 2.35. The minimum absolute atomic E-state index is 0.0770. The molecule has 2 heterocycles. The van der Waals surface area contributed by atoms with E-state index in [1.807, 2.05) is 14.0 Å². The van der Waals surface area contributed by atoms with Crippen LogP contribution in [0.25, 0.3) is 0 Å². The maximum Gasteiger partial charge on any atom is 0.193 e. The molecule has 156 valence electrons. The minimum atomic E-state index is 0.0770. The molecule has 6 heteroatoms. The Morgan fingerprint density at radius 2 is 2.04 bits per heavy atom. The Hall–Kier alpha value is -1.40. The molecule has 1 N–H and O–H groups in total. The van der Waals surface area contributed by atoms with Crippen LogP contribution in [0.1, 0.15) is 38.7 Å². The van der Waals surface area contributed by atoms with E-state index in [0.29, 0.717) is 11.9 Å². The number of hydrogen-bond acceptors (Lipinski definition) is 4. The van der Waals surface area contributed by atoms with Gasteiger partial charge in [0.15, 0.2) is 5.96 Å². The zero-order chi connectivity index (χ0) is 19.8. The molecule has 28 heavy (non-hydrogen) atoms. The summed E-state index contributed by atoms with van der Waals surface area (Å²) in [5, 5.41) is 4.42. The molecular weight excluding hydrogens is 370 g/mol. The third-order valence-corrected chi connectivity index (χ3v) is 7.29. The Morgan fingerprint density at radius 3 is 2.68 bits per heavy atom. The van der Waals surface area contributed by atoms with Crippen molar-refractivity contribution in [3.63, 3.8) is 0 Å². The summed E-state index contributed by atoms with van der Waals surface area (Å²) < 4.78 is 11.3. The third kappa shape index (κ3) is 5.15. The van der Waals surface area contributed by atoms with Crippen LogP contribution in [-0.2, 0) is 10.2 Å². The van der Waals surface area contributed by atoms with E-state index in [9.17, 15) is 0 Å². The van der Waals surface area contributed by atoms with Crippen LogP contribution in [0.3, 0.4) is 0 Å². The van der Waals surface area contributed by atoms with Gasteiger partial charge in [-0.3, -0.25) is 4.99 Å². The van der Waals surface area contributed by atoms with Gasteiger partial charge in [-0.25, -0.2) is 0 Å². The van der Waals surface area contributed by atoms with E-state index < -0.39 is 0 Å². The minimum Gasteiger partial charge on any atom is -0.494 e. The number of thioether (sulfide) groups is 1. The smallest absolute Gasteiger partial charge is 0.193 e. The average molecular weight is 406 g/mol. The number of aliphatic imine (C=N–C) groups is 1. The Bertz CT molecular complexity index is 629. The zero-order valence-corrected chi connectivity index (χ0v) is 18.4. The van der Waals surface area contributed by atoms with Gasteiger partial charge < -0.3 is 19.7 Å². The first kappa shape index (κ1) is 21.3. The number of rotatable bonds is 6. The van der Waals surface area contributed by atoms with Gasteiger partial charge in [0.1, 0.15) is 5.75 Å². The summed E-state index contributed by atoms with van der Waals surface area (Å²) in [4.78, 5) is 7.03. The van der Waals surface area contributed by atoms with Gasteiger partial charge in [-0.05, 0) is 43.9 Å². The van der Waals surface area contributed by atoms with Crippen molar-refractivity contribution in [1.29, 1.82) is 0 Å². The summed E-state index contributed by atoms with van der Waals surface area (Å²) >= 11 is 2.09. The van der Waals surface area contributed by atoms with E-state index in [0.717, 1.165) is 57.4 Å². The maximum absolute atomic E-state index is 5.69. The molecular formula is C22H35N3O2S. The molecule has 0 radical (unpaired) electrons. The van der Waals surface area contributed by atoms with E-state index >= 15 is 0 Å². The van der Waals surface area contributed by atoms with Crippen LogP contribution >= 0.6 is 11.8 Å². The van der Waals surface area contributed by atoms with Gasteiger partial charge in [-0.2, -0.15) is 11.8 Å². The van der Waals surface area contributed by atoms with E-state index in [1.165, 1.54) is 17.7 Å². The fourth-order valence-corrected chi connectivity index (χ4v) is 5.32. The molecule has 0 bridgehead atoms. The Labute approximate surface area is 174 Å². The normalized spacial score (nSPS) is 22.8. The second-order valence-electron chi connectivity index (χ2n) is 7.60. The standard InChI is InChI=1S/C22H35N3O2S/c1-4-20-16-25(12-15-28-20)21(23-3)24-17-22(10-13-26-14-11-22)18-6-8-19(9-7-18)27-5-2/h6-9,20H,4-5,10-17H2,1-3H3,(H,23,24). The monoisotopic (exact) mass is 405 g/mol. The summed E-state index contributed by atoms with van der Waals surface area (Å²) in [6.45, 7) is 9.66. The van der Waals surface area contributed by atoms with Crippen molar-refractivity contribution in [2.24, 2.45) is 4.99 Å². The lowest BCUT2D eigenvalue weighted by atomic mass is 9.74. The van der Waals surface area contributed by atoms with Crippen LogP contribution in [0, 0.1) is 0 Å². The van der Waals surface area contributed by atoms with Crippen molar-refractivity contribution in [1.82, 2.24) is 10.2 Å². The summed E-state index contributed by atoms with van der Waals surface area (Å²) in [6, 6.07) is 8.65. The van der Waals surface area contributed by atoms with Crippen molar-refractivity contribution >= 4 is 17.7 Å². The van der Waals surface area contributed by atoms with Gasteiger partial charge in [0.05, 0.1) is 6.61 Å². The molecule has 2 aliphatic heterocycles. The molecule has 2 fully saturated rings. The number of guanidine groups is 1. The Balaban J connectivity index is 1.71. The van der Waals surface area contributed by atoms with Crippen molar-refractivity contribution < 1.29 is 9.47 Å². The first-order valence-corrected chi connectivity index (χ1v) is 11.6. The second kappa shape index (κ2) is 10.4. The summed E-state index contributed by atoms with van der Waals surface area (Å²) in [6.07, 6.45) is 3.27. The van der Waals surface area contributed by atoms with Crippen molar-refractivity contribution in [2.75, 3.05) is 52.3 Å². The second-order valence-corrected chi connectivity index (χ2v) is 9.01. The van der Waals surface area contributed by atoms with Crippen LogP contribution < -0.4 is 10.1 Å². The van der Waals surface area contributed by atoms with Crippen LogP contribution in [0.15, 0.2) is 29.3 Å². The molecule has 0 aromatic heterocycles. The molecule has 0 amide bonds. The van der Waals surface area contributed by atoms with Gasteiger partial charge in [-0.15, -0.1) is 0 Å². The molecule has 0 spiro atoms. The number of benzene rings is 1. The molecule has 2 saturated heterocycles. The van der Waals surface area contributed by atoms with E-state index in [-0.39, 0.29) is 5.41 Å². The Morgan fingerprint density at radius 1 is 1.29 bits per heavy atom. The topological polar surface area (TPSA) is 46.1 Å². The molecule has 0 aliphatic carbocycles. The molecule has 1 aromatic rings.